The van der Waals surface area contributed by atoms with Crippen molar-refractivity contribution < 1.29 is 4.42 Å². The van der Waals surface area contributed by atoms with E-state index in [4.69, 9.17) is 4.42 Å². The Morgan fingerprint density at radius 1 is 0.419 bits per heavy atom. The molecule has 62 heavy (non-hydrogen) atoms. The molecule has 1 unspecified atom stereocenters. The summed E-state index contributed by atoms with van der Waals surface area (Å²) in [4.78, 5) is 0. The zero-order valence-corrected chi connectivity index (χ0v) is 36.9. The van der Waals surface area contributed by atoms with Crippen LogP contribution in [0.4, 0.5) is 0 Å². The first-order valence-corrected chi connectivity index (χ1v) is 22.3. The molecule has 10 aromatic rings. The fourth-order valence-corrected chi connectivity index (χ4v) is 10.5. The molecule has 1 aliphatic carbocycles. The van der Waals surface area contributed by atoms with E-state index in [2.05, 4.69) is 218 Å². The minimum Gasteiger partial charge on any atom is -0.456 e. The van der Waals surface area contributed by atoms with Crippen molar-refractivity contribution in [2.24, 2.45) is 5.92 Å². The summed E-state index contributed by atoms with van der Waals surface area (Å²) < 4.78 is 7.26. The van der Waals surface area contributed by atoms with Crippen molar-refractivity contribution in [3.63, 3.8) is 0 Å². The monoisotopic (exact) mass is 800 g/mol. The summed E-state index contributed by atoms with van der Waals surface area (Å²) in [5.41, 5.74) is 14.8. The molecule has 1 heteroatoms. The summed E-state index contributed by atoms with van der Waals surface area (Å²) in [6.45, 7) is 16.3. The van der Waals surface area contributed by atoms with Crippen LogP contribution < -0.4 is 10.6 Å². The van der Waals surface area contributed by atoms with Gasteiger partial charge in [-0.2, -0.15) is 0 Å². The Morgan fingerprint density at radius 3 is 1.32 bits per heavy atom. The minimum absolute atomic E-state index is 0.00248. The van der Waals surface area contributed by atoms with Gasteiger partial charge >= 0.3 is 0 Å². The molecule has 1 atom stereocenters. The van der Waals surface area contributed by atoms with Crippen LogP contribution in [0.15, 0.2) is 168 Å². The number of hydrogen-bond donors (Lipinski definition) is 0. The molecule has 1 nitrogen and oxygen atoms in total. The predicted molar refractivity (Wildman–Crippen MR) is 266 cm³/mol. The molecule has 0 amide bonds. The van der Waals surface area contributed by atoms with Gasteiger partial charge in [0.2, 0.25) is 0 Å². The molecular formula is C61H52O. The fourth-order valence-electron chi connectivity index (χ4n) is 10.5. The summed E-state index contributed by atoms with van der Waals surface area (Å²) in [5.74, 6) is 0.302. The highest BCUT2D eigenvalue weighted by Crippen LogP contribution is 2.47. The van der Waals surface area contributed by atoms with Crippen LogP contribution >= 0.6 is 0 Å². The first kappa shape index (κ1) is 38.2. The first-order valence-electron chi connectivity index (χ1n) is 22.3. The molecule has 0 radical (unpaired) electrons. The van der Waals surface area contributed by atoms with Gasteiger partial charge in [-0.05, 0) is 117 Å². The Bertz CT molecular complexity index is 3420. The van der Waals surface area contributed by atoms with Crippen molar-refractivity contribution in [2.45, 2.75) is 65.7 Å². The number of hydrogen-bond acceptors (Lipinski definition) is 1. The average molecular weight is 801 g/mol. The quantitative estimate of drug-likeness (QED) is 0.162. The van der Waals surface area contributed by atoms with E-state index in [9.17, 15) is 0 Å². The number of benzene rings is 9. The van der Waals surface area contributed by atoms with Gasteiger partial charge < -0.3 is 4.42 Å². The second-order valence-electron chi connectivity index (χ2n) is 19.7. The standard InChI is InChI=1S/C61H52O/c1-37-32-52(57-48-28-17-11-22-42(48)54(38-20-9-8-10-21-38)43-23-12-18-29-49(43)57)58-51-31-19-30-50(59(51)62-53(58)33-37)56-46-26-15-13-24-44(46)55(45-25-14-16-27-47(45)56)39-34-40(60(2,3)4)36-41(35-39)61(5,6)7/h8-31,33-37H,32H2,1-7H3. The van der Waals surface area contributed by atoms with Crippen LogP contribution in [-0.4, -0.2) is 0 Å². The van der Waals surface area contributed by atoms with E-state index in [0.717, 1.165) is 23.0 Å². The van der Waals surface area contributed by atoms with Crippen LogP contribution in [0.5, 0.6) is 0 Å². The van der Waals surface area contributed by atoms with Gasteiger partial charge in [-0.1, -0.05) is 212 Å². The van der Waals surface area contributed by atoms with Gasteiger partial charge in [-0.25, -0.2) is 0 Å². The van der Waals surface area contributed by atoms with E-state index in [1.54, 1.807) is 0 Å². The van der Waals surface area contributed by atoms with Crippen LogP contribution in [0, 0.1) is 5.92 Å². The minimum atomic E-state index is 0.00248. The third kappa shape index (κ3) is 6.04. The smallest absolute Gasteiger partial charge is 0.143 e. The van der Waals surface area contributed by atoms with Gasteiger partial charge in [0.25, 0.3) is 0 Å². The summed E-state index contributed by atoms with van der Waals surface area (Å²) in [7, 11) is 0. The molecule has 11 rings (SSSR count). The average Bonchev–Trinajstić information content (AvgIpc) is 3.65. The predicted octanol–water partition coefficient (Wildman–Crippen LogP) is 15.7. The van der Waals surface area contributed by atoms with Crippen LogP contribution in [-0.2, 0) is 10.8 Å². The topological polar surface area (TPSA) is 13.1 Å². The Balaban J connectivity index is 1.23. The van der Waals surface area contributed by atoms with Gasteiger partial charge in [0.1, 0.15) is 11.0 Å². The van der Waals surface area contributed by atoms with Gasteiger partial charge in [0.05, 0.1) is 0 Å². The van der Waals surface area contributed by atoms with Crippen molar-refractivity contribution in [2.75, 3.05) is 0 Å². The zero-order chi connectivity index (χ0) is 42.5. The largest absolute Gasteiger partial charge is 0.456 e. The number of furan rings is 1. The molecule has 0 saturated carbocycles. The summed E-state index contributed by atoms with van der Waals surface area (Å²) in [6, 6.07) is 61.1. The number of para-hydroxylation sites is 1. The fraction of sp³-hybridized carbons (Fsp3) is 0.180. The second-order valence-corrected chi connectivity index (χ2v) is 19.7. The lowest BCUT2D eigenvalue weighted by atomic mass is 9.77. The van der Waals surface area contributed by atoms with Gasteiger partial charge in [0.15, 0.2) is 0 Å². The highest BCUT2D eigenvalue weighted by atomic mass is 16.3. The Morgan fingerprint density at radius 2 is 0.839 bits per heavy atom. The maximum atomic E-state index is 7.26. The van der Waals surface area contributed by atoms with E-state index in [1.807, 2.05) is 0 Å². The van der Waals surface area contributed by atoms with E-state index in [0.29, 0.717) is 5.92 Å². The lowest BCUT2D eigenvalue weighted by Gasteiger charge is -2.27. The maximum absolute atomic E-state index is 7.26. The van der Waals surface area contributed by atoms with E-state index in [-0.39, 0.29) is 10.8 Å². The Labute approximate surface area is 364 Å². The molecule has 0 N–H and O–H groups in total. The highest BCUT2D eigenvalue weighted by Gasteiger charge is 2.27. The van der Waals surface area contributed by atoms with Gasteiger partial charge in [-0.15, -0.1) is 0 Å². The first-order chi connectivity index (χ1) is 30.0. The van der Waals surface area contributed by atoms with Crippen molar-refractivity contribution in [1.29, 1.82) is 0 Å². The SMILES string of the molecule is CC1C=c2oc3c(-c4c5ccccc5c(-c5cc(C(C)(C)C)cc(C(C)(C)C)c5)c5ccccc45)cccc3c2=C(c2c3ccccc3c(-c3ccccc3)c3ccccc23)C1. The molecule has 1 heterocycles. The molecule has 0 fully saturated rings. The molecule has 302 valence electrons. The zero-order valence-electron chi connectivity index (χ0n) is 36.9. The number of fused-ring (bicyclic) bond motifs is 7. The molecule has 0 saturated heterocycles. The van der Waals surface area contributed by atoms with Gasteiger partial charge in [0, 0.05) is 21.7 Å². The van der Waals surface area contributed by atoms with Crippen molar-refractivity contribution in [1.82, 2.24) is 0 Å². The third-order valence-electron chi connectivity index (χ3n) is 13.5. The second kappa shape index (κ2) is 14.2. The lowest BCUT2D eigenvalue weighted by Crippen LogP contribution is -2.29. The Kier molecular flexibility index (Phi) is 8.75. The molecule has 9 aromatic carbocycles. The summed E-state index contributed by atoms with van der Waals surface area (Å²) >= 11 is 0. The molecule has 0 aliphatic heterocycles. The normalized spacial score (nSPS) is 14.6. The van der Waals surface area contributed by atoms with Crippen molar-refractivity contribution in [3.8, 4) is 33.4 Å². The van der Waals surface area contributed by atoms with Crippen molar-refractivity contribution >= 4 is 65.7 Å². The molecular weight excluding hydrogens is 749 g/mol. The lowest BCUT2D eigenvalue weighted by molar-refractivity contribution is 0.564. The van der Waals surface area contributed by atoms with Crippen LogP contribution in [0.1, 0.15) is 71.6 Å². The number of rotatable bonds is 4. The van der Waals surface area contributed by atoms with E-state index >= 15 is 0 Å². The summed E-state index contributed by atoms with van der Waals surface area (Å²) in [6.07, 6.45) is 3.29. The highest BCUT2D eigenvalue weighted by molar-refractivity contribution is 6.24. The van der Waals surface area contributed by atoms with Gasteiger partial charge in [-0.3, -0.25) is 0 Å². The molecule has 0 bridgehead atoms. The third-order valence-corrected chi connectivity index (χ3v) is 13.5. The van der Waals surface area contributed by atoms with Crippen LogP contribution in [0.3, 0.4) is 0 Å². The van der Waals surface area contributed by atoms with E-state index in [1.165, 1.54) is 104 Å². The molecule has 1 aliphatic rings. The Hall–Kier alpha value is -6.70. The van der Waals surface area contributed by atoms with E-state index < -0.39 is 0 Å². The molecule has 0 spiro atoms. The van der Waals surface area contributed by atoms with Crippen LogP contribution in [0.2, 0.25) is 0 Å². The molecule has 1 aromatic heterocycles. The van der Waals surface area contributed by atoms with Crippen molar-refractivity contribution in [3.05, 3.63) is 191 Å². The maximum Gasteiger partial charge on any atom is 0.143 e. The van der Waals surface area contributed by atoms with Crippen LogP contribution in [0.25, 0.3) is 99.1 Å². The summed E-state index contributed by atoms with van der Waals surface area (Å²) in [5, 5.41) is 12.5.